The molecule has 0 saturated carbocycles. The maximum absolute atomic E-state index is 12.9. The lowest BCUT2D eigenvalue weighted by Gasteiger charge is -2.36. The minimum Gasteiger partial charge on any atom is -0.352 e. The van der Waals surface area contributed by atoms with Gasteiger partial charge < -0.3 is 15.5 Å². The zero-order valence-corrected chi connectivity index (χ0v) is 17.5. The Kier molecular flexibility index (Phi) is 8.03. The van der Waals surface area contributed by atoms with E-state index < -0.39 is 6.04 Å². The summed E-state index contributed by atoms with van der Waals surface area (Å²) >= 11 is 0. The number of nitrogens with one attached hydrogen (secondary N) is 2. The van der Waals surface area contributed by atoms with E-state index in [0.29, 0.717) is 37.9 Å². The van der Waals surface area contributed by atoms with Crippen LogP contribution in [0.5, 0.6) is 0 Å². The molecule has 1 fully saturated rings. The molecule has 2 unspecified atom stereocenters. The molecular formula is C22H33N3O3. The van der Waals surface area contributed by atoms with E-state index in [1.54, 1.807) is 6.07 Å². The predicted octanol–water partition coefficient (Wildman–Crippen LogP) is 2.66. The van der Waals surface area contributed by atoms with E-state index >= 15 is 0 Å². The number of nitrogens with zero attached hydrogens (tertiary/aromatic N) is 1. The van der Waals surface area contributed by atoms with Crippen molar-refractivity contribution in [3.05, 3.63) is 35.4 Å². The van der Waals surface area contributed by atoms with E-state index in [2.05, 4.69) is 10.6 Å². The molecule has 1 heterocycles. The van der Waals surface area contributed by atoms with Crippen LogP contribution >= 0.6 is 0 Å². The molecule has 28 heavy (non-hydrogen) atoms. The summed E-state index contributed by atoms with van der Waals surface area (Å²) in [4.78, 5) is 39.6. The van der Waals surface area contributed by atoms with Crippen molar-refractivity contribution in [1.29, 1.82) is 0 Å². The monoisotopic (exact) mass is 387 g/mol. The lowest BCUT2D eigenvalue weighted by molar-refractivity contribution is -0.132. The van der Waals surface area contributed by atoms with Crippen LogP contribution in [0.3, 0.4) is 0 Å². The first-order chi connectivity index (χ1) is 13.4. The summed E-state index contributed by atoms with van der Waals surface area (Å²) in [5.74, 6) is -0.216. The fourth-order valence-electron chi connectivity index (χ4n) is 3.58. The van der Waals surface area contributed by atoms with Gasteiger partial charge in [0.05, 0.1) is 0 Å². The topological polar surface area (TPSA) is 78.5 Å². The first kappa shape index (κ1) is 21.9. The van der Waals surface area contributed by atoms with Gasteiger partial charge in [-0.1, -0.05) is 32.0 Å². The van der Waals surface area contributed by atoms with E-state index in [0.717, 1.165) is 12.0 Å². The highest BCUT2D eigenvalue weighted by Gasteiger charge is 2.34. The normalized spacial score (nSPS) is 16.9. The Bertz CT molecular complexity index is 696. The third kappa shape index (κ3) is 5.57. The molecule has 0 radical (unpaired) electrons. The van der Waals surface area contributed by atoms with Crippen LogP contribution in [0.15, 0.2) is 24.3 Å². The molecule has 3 amide bonds. The van der Waals surface area contributed by atoms with Crippen LogP contribution in [0, 0.1) is 12.8 Å². The third-order valence-electron chi connectivity index (χ3n) is 5.63. The van der Waals surface area contributed by atoms with E-state index in [1.807, 2.05) is 50.8 Å². The van der Waals surface area contributed by atoms with Gasteiger partial charge >= 0.3 is 0 Å². The molecule has 154 valence electrons. The number of rotatable bonds is 7. The lowest BCUT2D eigenvalue weighted by Crippen LogP contribution is -2.55. The second kappa shape index (κ2) is 10.2. The van der Waals surface area contributed by atoms with Gasteiger partial charge in [0.1, 0.15) is 6.04 Å². The van der Waals surface area contributed by atoms with Gasteiger partial charge in [-0.3, -0.25) is 14.4 Å². The van der Waals surface area contributed by atoms with Gasteiger partial charge in [0.2, 0.25) is 11.8 Å². The summed E-state index contributed by atoms with van der Waals surface area (Å²) in [5, 5.41) is 5.99. The number of hydrogen-bond acceptors (Lipinski definition) is 3. The molecule has 6 nitrogen and oxygen atoms in total. The van der Waals surface area contributed by atoms with Gasteiger partial charge in [-0.2, -0.15) is 0 Å². The van der Waals surface area contributed by atoms with Gasteiger partial charge in [-0.15, -0.1) is 0 Å². The fraction of sp³-hybridized carbons (Fsp3) is 0.591. The largest absolute Gasteiger partial charge is 0.352 e. The molecule has 0 aromatic heterocycles. The molecule has 0 bridgehead atoms. The van der Waals surface area contributed by atoms with Crippen molar-refractivity contribution in [3.63, 3.8) is 0 Å². The van der Waals surface area contributed by atoms with Crippen LogP contribution in [-0.4, -0.2) is 47.8 Å². The average molecular weight is 388 g/mol. The summed E-state index contributed by atoms with van der Waals surface area (Å²) in [7, 11) is 0. The standard InChI is InChI=1S/C22H33N3O3/c1-5-16(4)23-22(28)20(17-11-13-25(14-12-17)19(26)6-2)24-21(27)18-10-8-7-9-15(18)3/h7-10,16-17,20H,5-6,11-14H2,1-4H3,(H,23,28)(H,24,27). The molecular weight excluding hydrogens is 354 g/mol. The second-order valence-electron chi connectivity index (χ2n) is 7.66. The first-order valence-corrected chi connectivity index (χ1v) is 10.3. The summed E-state index contributed by atoms with van der Waals surface area (Å²) in [6, 6.07) is 6.83. The molecule has 2 N–H and O–H groups in total. The van der Waals surface area contributed by atoms with Crippen LogP contribution in [0.2, 0.25) is 0 Å². The maximum atomic E-state index is 12.9. The number of aryl methyl sites for hydroxylation is 1. The number of carbonyl (C=O) groups excluding carboxylic acids is 3. The number of hydrogen-bond donors (Lipinski definition) is 2. The SMILES string of the molecule is CCC(=O)N1CCC(C(NC(=O)c2ccccc2C)C(=O)NC(C)CC)CC1. The summed E-state index contributed by atoms with van der Waals surface area (Å²) in [6.45, 7) is 8.98. The van der Waals surface area contributed by atoms with Crippen molar-refractivity contribution >= 4 is 17.7 Å². The Balaban J connectivity index is 2.13. The Morgan fingerprint density at radius 2 is 1.75 bits per heavy atom. The van der Waals surface area contributed by atoms with E-state index in [4.69, 9.17) is 0 Å². The van der Waals surface area contributed by atoms with Gasteiger partial charge in [0.15, 0.2) is 0 Å². The van der Waals surface area contributed by atoms with Gasteiger partial charge in [0, 0.05) is 31.1 Å². The summed E-state index contributed by atoms with van der Waals surface area (Å²) in [6.07, 6.45) is 2.73. The Morgan fingerprint density at radius 1 is 1.11 bits per heavy atom. The minimum atomic E-state index is -0.597. The van der Waals surface area contributed by atoms with E-state index in [1.165, 1.54) is 0 Å². The number of likely N-dealkylation sites (tertiary alicyclic amines) is 1. The third-order valence-corrected chi connectivity index (χ3v) is 5.63. The number of amides is 3. The Morgan fingerprint density at radius 3 is 2.32 bits per heavy atom. The van der Waals surface area contributed by atoms with Crippen LogP contribution < -0.4 is 10.6 Å². The van der Waals surface area contributed by atoms with Crippen molar-refractivity contribution in [3.8, 4) is 0 Å². The highest BCUT2D eigenvalue weighted by Crippen LogP contribution is 2.22. The number of piperidine rings is 1. The van der Waals surface area contributed by atoms with Crippen molar-refractivity contribution in [2.75, 3.05) is 13.1 Å². The van der Waals surface area contributed by atoms with Gasteiger partial charge in [0.25, 0.3) is 5.91 Å². The summed E-state index contributed by atoms with van der Waals surface area (Å²) < 4.78 is 0. The Hall–Kier alpha value is -2.37. The molecule has 0 spiro atoms. The fourth-order valence-corrected chi connectivity index (χ4v) is 3.58. The van der Waals surface area contributed by atoms with Crippen molar-refractivity contribution in [2.24, 2.45) is 5.92 Å². The molecule has 2 atom stereocenters. The molecule has 0 aliphatic carbocycles. The zero-order valence-electron chi connectivity index (χ0n) is 17.5. The highest BCUT2D eigenvalue weighted by molar-refractivity contribution is 5.98. The molecule has 1 aliphatic heterocycles. The average Bonchev–Trinajstić information content (AvgIpc) is 2.71. The second-order valence-corrected chi connectivity index (χ2v) is 7.66. The Labute approximate surface area is 168 Å². The van der Waals surface area contributed by atoms with Crippen LogP contribution in [-0.2, 0) is 9.59 Å². The van der Waals surface area contributed by atoms with E-state index in [-0.39, 0.29) is 29.7 Å². The highest BCUT2D eigenvalue weighted by atomic mass is 16.2. The van der Waals surface area contributed by atoms with Crippen LogP contribution in [0.4, 0.5) is 0 Å². The van der Waals surface area contributed by atoms with Gasteiger partial charge in [-0.25, -0.2) is 0 Å². The van der Waals surface area contributed by atoms with Crippen LogP contribution in [0.25, 0.3) is 0 Å². The maximum Gasteiger partial charge on any atom is 0.252 e. The molecule has 1 saturated heterocycles. The predicted molar refractivity (Wildman–Crippen MR) is 110 cm³/mol. The molecule has 2 rings (SSSR count). The molecule has 1 aromatic carbocycles. The lowest BCUT2D eigenvalue weighted by atomic mass is 9.88. The van der Waals surface area contributed by atoms with Crippen molar-refractivity contribution in [2.45, 2.75) is 65.5 Å². The minimum absolute atomic E-state index is 0.0120. The molecule has 1 aliphatic rings. The summed E-state index contributed by atoms with van der Waals surface area (Å²) in [5.41, 5.74) is 1.46. The number of benzene rings is 1. The zero-order chi connectivity index (χ0) is 20.7. The molecule has 1 aromatic rings. The quantitative estimate of drug-likeness (QED) is 0.755. The van der Waals surface area contributed by atoms with Crippen molar-refractivity contribution < 1.29 is 14.4 Å². The number of carbonyl (C=O) groups is 3. The molecule has 6 heteroatoms. The smallest absolute Gasteiger partial charge is 0.252 e. The first-order valence-electron chi connectivity index (χ1n) is 10.3. The van der Waals surface area contributed by atoms with Crippen molar-refractivity contribution in [1.82, 2.24) is 15.5 Å². The van der Waals surface area contributed by atoms with Gasteiger partial charge in [-0.05, 0) is 50.7 Å². The van der Waals surface area contributed by atoms with Crippen LogP contribution in [0.1, 0.15) is 62.4 Å². The van der Waals surface area contributed by atoms with E-state index in [9.17, 15) is 14.4 Å².